The molecule has 0 spiro atoms. The average molecular weight is 283 g/mol. The number of nitriles is 1. The van der Waals surface area contributed by atoms with Crippen LogP contribution in [0.15, 0.2) is 23.8 Å². The lowest BCUT2D eigenvalue weighted by Gasteiger charge is -2.32. The quantitative estimate of drug-likeness (QED) is 0.742. The predicted octanol–water partition coefficient (Wildman–Crippen LogP) is 2.29. The molecule has 0 saturated carbocycles. The van der Waals surface area contributed by atoms with E-state index in [0.29, 0.717) is 12.2 Å². The second-order valence-corrected chi connectivity index (χ2v) is 6.46. The van der Waals surface area contributed by atoms with Gasteiger partial charge in [-0.2, -0.15) is 5.26 Å². The summed E-state index contributed by atoms with van der Waals surface area (Å²) in [5.41, 5.74) is 1.72. The molecule has 0 unspecified atom stereocenters. The van der Waals surface area contributed by atoms with Gasteiger partial charge in [-0.15, -0.1) is 0 Å². The molecule has 108 valence electrons. The first kappa shape index (κ1) is 14.2. The first-order chi connectivity index (χ1) is 9.82. The smallest absolute Gasteiger partial charge is 0.488 e. The highest BCUT2D eigenvalue weighted by molar-refractivity contribution is 6.62. The molecule has 2 heterocycles. The number of nitrogens with zero attached hydrogens (tertiary/aromatic N) is 1. The van der Waals surface area contributed by atoms with E-state index < -0.39 is 7.12 Å². The van der Waals surface area contributed by atoms with Crippen LogP contribution in [0.3, 0.4) is 0 Å². The van der Waals surface area contributed by atoms with E-state index in [1.54, 1.807) is 0 Å². The molecule has 1 aromatic rings. The van der Waals surface area contributed by atoms with Crippen molar-refractivity contribution in [2.45, 2.75) is 38.9 Å². The van der Waals surface area contributed by atoms with Crippen LogP contribution < -0.4 is 10.2 Å². The maximum absolute atomic E-state index is 8.99. The van der Waals surface area contributed by atoms with E-state index in [1.807, 2.05) is 52.0 Å². The zero-order chi connectivity index (χ0) is 15.3. The topological polar surface area (TPSA) is 51.5 Å². The maximum atomic E-state index is 8.99. The SMILES string of the molecule is CC1(C)OB(c2ccc3c(c2)C=C(C#N)CO3)OC1(C)C. The van der Waals surface area contributed by atoms with E-state index >= 15 is 0 Å². The number of ether oxygens (including phenoxy) is 1. The zero-order valence-electron chi connectivity index (χ0n) is 12.8. The summed E-state index contributed by atoms with van der Waals surface area (Å²) in [5.74, 6) is 0.786. The fraction of sp³-hybridized carbons (Fsp3) is 0.438. The molecule has 0 N–H and O–H groups in total. The van der Waals surface area contributed by atoms with Crippen LogP contribution in [0, 0.1) is 11.3 Å². The molecular formula is C16H18BNO3. The summed E-state index contributed by atoms with van der Waals surface area (Å²) in [7, 11) is -0.402. The van der Waals surface area contributed by atoms with Crippen LogP contribution in [0.2, 0.25) is 0 Å². The lowest BCUT2D eigenvalue weighted by atomic mass is 9.78. The van der Waals surface area contributed by atoms with Crippen molar-refractivity contribution in [2.75, 3.05) is 6.61 Å². The Hall–Kier alpha value is -1.77. The first-order valence-corrected chi connectivity index (χ1v) is 7.05. The minimum absolute atomic E-state index is 0.333. The summed E-state index contributed by atoms with van der Waals surface area (Å²) >= 11 is 0. The maximum Gasteiger partial charge on any atom is 0.494 e. The van der Waals surface area contributed by atoms with Crippen LogP contribution in [0.1, 0.15) is 33.3 Å². The third kappa shape index (κ3) is 2.35. The molecule has 0 amide bonds. The molecular weight excluding hydrogens is 265 g/mol. The number of rotatable bonds is 1. The third-order valence-corrected chi connectivity index (χ3v) is 4.42. The minimum atomic E-state index is -0.402. The van der Waals surface area contributed by atoms with Crippen molar-refractivity contribution >= 4 is 18.7 Å². The number of fused-ring (bicyclic) bond motifs is 1. The molecule has 21 heavy (non-hydrogen) atoms. The molecule has 1 fully saturated rings. The molecule has 0 atom stereocenters. The van der Waals surface area contributed by atoms with E-state index in [-0.39, 0.29) is 11.2 Å². The van der Waals surface area contributed by atoms with Gasteiger partial charge in [-0.3, -0.25) is 0 Å². The lowest BCUT2D eigenvalue weighted by molar-refractivity contribution is 0.00578. The zero-order valence-corrected chi connectivity index (χ0v) is 12.8. The molecule has 5 heteroatoms. The second-order valence-electron chi connectivity index (χ2n) is 6.46. The fourth-order valence-corrected chi connectivity index (χ4v) is 2.39. The van der Waals surface area contributed by atoms with Crippen LogP contribution >= 0.6 is 0 Å². The van der Waals surface area contributed by atoms with Gasteiger partial charge >= 0.3 is 7.12 Å². The Morgan fingerprint density at radius 2 is 1.81 bits per heavy atom. The highest BCUT2D eigenvalue weighted by Crippen LogP contribution is 2.37. The molecule has 0 aromatic heterocycles. The first-order valence-electron chi connectivity index (χ1n) is 7.05. The molecule has 0 radical (unpaired) electrons. The number of hydrogen-bond donors (Lipinski definition) is 0. The summed E-state index contributed by atoms with van der Waals surface area (Å²) in [6.45, 7) is 8.45. The summed E-state index contributed by atoms with van der Waals surface area (Å²) in [4.78, 5) is 0. The Labute approximate surface area is 125 Å². The lowest BCUT2D eigenvalue weighted by Crippen LogP contribution is -2.41. The van der Waals surface area contributed by atoms with Gasteiger partial charge in [0.1, 0.15) is 12.4 Å². The van der Waals surface area contributed by atoms with Gasteiger partial charge in [-0.1, -0.05) is 12.1 Å². The van der Waals surface area contributed by atoms with Gasteiger partial charge in [0.05, 0.1) is 22.8 Å². The van der Waals surface area contributed by atoms with Crippen molar-refractivity contribution in [3.05, 3.63) is 29.3 Å². The molecule has 1 saturated heterocycles. The molecule has 1 aromatic carbocycles. The van der Waals surface area contributed by atoms with Gasteiger partial charge in [0, 0.05) is 5.56 Å². The largest absolute Gasteiger partial charge is 0.494 e. The van der Waals surface area contributed by atoms with Crippen LogP contribution in [0.4, 0.5) is 0 Å². The van der Waals surface area contributed by atoms with Crippen molar-refractivity contribution in [3.63, 3.8) is 0 Å². The van der Waals surface area contributed by atoms with E-state index in [9.17, 15) is 0 Å². The molecule has 2 aliphatic heterocycles. The standard InChI is InChI=1S/C16H18BNO3/c1-15(2)16(3,4)21-17(20-15)13-5-6-14-12(8-13)7-11(9-18)10-19-14/h5-8H,10H2,1-4H3. The summed E-state index contributed by atoms with van der Waals surface area (Å²) < 4.78 is 17.6. The molecule has 4 nitrogen and oxygen atoms in total. The van der Waals surface area contributed by atoms with Gasteiger partial charge < -0.3 is 14.0 Å². The highest BCUT2D eigenvalue weighted by atomic mass is 16.7. The van der Waals surface area contributed by atoms with Crippen LogP contribution in [-0.4, -0.2) is 24.9 Å². The van der Waals surface area contributed by atoms with Gasteiger partial charge in [0.25, 0.3) is 0 Å². The predicted molar refractivity (Wildman–Crippen MR) is 81.2 cm³/mol. The van der Waals surface area contributed by atoms with E-state index in [2.05, 4.69) is 6.07 Å². The Morgan fingerprint density at radius 3 is 2.43 bits per heavy atom. The minimum Gasteiger partial charge on any atom is -0.488 e. The Kier molecular flexibility index (Phi) is 3.12. The Balaban J connectivity index is 1.93. The average Bonchev–Trinajstić information content (AvgIpc) is 2.66. The monoisotopic (exact) mass is 283 g/mol. The van der Waals surface area contributed by atoms with E-state index in [0.717, 1.165) is 16.8 Å². The highest BCUT2D eigenvalue weighted by Gasteiger charge is 2.51. The third-order valence-electron chi connectivity index (χ3n) is 4.42. The number of hydrogen-bond acceptors (Lipinski definition) is 4. The van der Waals surface area contributed by atoms with Gasteiger partial charge in [-0.05, 0) is 45.3 Å². The van der Waals surface area contributed by atoms with Gasteiger partial charge in [0.2, 0.25) is 0 Å². The van der Waals surface area contributed by atoms with E-state index in [4.69, 9.17) is 19.3 Å². The van der Waals surface area contributed by atoms with Crippen molar-refractivity contribution in [1.82, 2.24) is 0 Å². The second kappa shape index (κ2) is 4.62. The molecule has 0 bridgehead atoms. The van der Waals surface area contributed by atoms with Gasteiger partial charge in [0.15, 0.2) is 0 Å². The van der Waals surface area contributed by atoms with Crippen LogP contribution in [-0.2, 0) is 9.31 Å². The van der Waals surface area contributed by atoms with Crippen LogP contribution in [0.25, 0.3) is 6.08 Å². The normalized spacial score (nSPS) is 22.0. The summed E-state index contributed by atoms with van der Waals surface area (Å²) in [5, 5.41) is 8.99. The Morgan fingerprint density at radius 1 is 1.14 bits per heavy atom. The van der Waals surface area contributed by atoms with E-state index in [1.165, 1.54) is 0 Å². The summed E-state index contributed by atoms with van der Waals surface area (Å²) in [6.07, 6.45) is 1.85. The fourth-order valence-electron chi connectivity index (χ4n) is 2.39. The molecule has 3 rings (SSSR count). The Bertz CT molecular complexity index is 642. The van der Waals surface area contributed by atoms with Crippen molar-refractivity contribution in [1.29, 1.82) is 5.26 Å². The van der Waals surface area contributed by atoms with Crippen molar-refractivity contribution in [2.24, 2.45) is 0 Å². The number of benzene rings is 1. The van der Waals surface area contributed by atoms with Gasteiger partial charge in [-0.25, -0.2) is 0 Å². The van der Waals surface area contributed by atoms with Crippen molar-refractivity contribution in [3.8, 4) is 11.8 Å². The van der Waals surface area contributed by atoms with Crippen molar-refractivity contribution < 1.29 is 14.0 Å². The molecule has 2 aliphatic rings. The summed E-state index contributed by atoms with van der Waals surface area (Å²) in [6, 6.07) is 7.95. The molecule has 0 aliphatic carbocycles. The van der Waals surface area contributed by atoms with Crippen LogP contribution in [0.5, 0.6) is 5.75 Å².